The lowest BCUT2D eigenvalue weighted by Gasteiger charge is -2.11. The van der Waals surface area contributed by atoms with E-state index in [2.05, 4.69) is 38.2 Å². The van der Waals surface area contributed by atoms with Crippen molar-refractivity contribution in [2.24, 2.45) is 0 Å². The van der Waals surface area contributed by atoms with Crippen molar-refractivity contribution < 1.29 is 32.0 Å². The van der Waals surface area contributed by atoms with Crippen molar-refractivity contribution in [1.82, 2.24) is 0 Å². The first-order valence-electron chi connectivity index (χ1n) is 25.1. The third-order valence-electron chi connectivity index (χ3n) is 11.5. The summed E-state index contributed by atoms with van der Waals surface area (Å²) in [6.07, 6.45) is 53.8. The highest BCUT2D eigenvalue weighted by Crippen LogP contribution is 2.20. The molecule has 1 aromatic rings. The summed E-state index contributed by atoms with van der Waals surface area (Å²) in [5.74, 6) is -1.49. The molecule has 0 aromatic heterocycles. The third-order valence-corrected chi connectivity index (χ3v) is 12.4. The maximum Gasteiger partial charge on any atom is 0.339 e. The van der Waals surface area contributed by atoms with Crippen LogP contribution in [0.25, 0.3) is 0 Å². The zero-order valence-electron chi connectivity index (χ0n) is 38.7. The first-order chi connectivity index (χ1) is 29.3. The molecule has 346 valence electrons. The molecule has 1 aromatic carbocycles. The van der Waals surface area contributed by atoms with Gasteiger partial charge in [-0.3, -0.25) is 4.55 Å². The lowest BCUT2D eigenvalue weighted by atomic mass is 10.0. The van der Waals surface area contributed by atoms with Gasteiger partial charge in [0.2, 0.25) is 0 Å². The molecule has 0 aliphatic carbocycles. The van der Waals surface area contributed by atoms with Crippen LogP contribution in [-0.4, -0.2) is 38.1 Å². The molecule has 0 fully saturated rings. The molecule has 0 atom stereocenters. The molecular formula is C52H90O7S. The van der Waals surface area contributed by atoms with E-state index < -0.39 is 27.0 Å². The molecule has 0 spiro atoms. The molecule has 0 amide bonds. The summed E-state index contributed by atoms with van der Waals surface area (Å²) in [6, 6.07) is 3.32. The Hall–Kier alpha value is -2.45. The van der Waals surface area contributed by atoms with Crippen molar-refractivity contribution in [2.75, 3.05) is 13.2 Å². The first-order valence-corrected chi connectivity index (χ1v) is 26.5. The zero-order chi connectivity index (χ0) is 43.6. The van der Waals surface area contributed by atoms with E-state index in [0.29, 0.717) is 6.42 Å². The van der Waals surface area contributed by atoms with E-state index in [-0.39, 0.29) is 24.3 Å². The fraction of sp³-hybridized carbons (Fsp3) is 0.769. The number of rotatable bonds is 43. The number of hydrogen-bond donors (Lipinski definition) is 1. The fourth-order valence-corrected chi connectivity index (χ4v) is 8.14. The second kappa shape index (κ2) is 40.6. The quantitative estimate of drug-likeness (QED) is 0.0302. The number of hydrogen-bond acceptors (Lipinski definition) is 6. The minimum atomic E-state index is -4.57. The number of esters is 2. The number of allylic oxidation sites excluding steroid dienone is 4. The molecule has 0 aliphatic heterocycles. The van der Waals surface area contributed by atoms with Gasteiger partial charge in [0.1, 0.15) is 0 Å². The summed E-state index contributed by atoms with van der Waals surface area (Å²) in [5, 5.41) is 0. The van der Waals surface area contributed by atoms with Crippen molar-refractivity contribution in [3.63, 3.8) is 0 Å². The summed E-state index contributed by atoms with van der Waals surface area (Å²) in [6.45, 7) is 4.91. The Bertz CT molecular complexity index is 1340. The molecule has 0 bridgehead atoms. The summed E-state index contributed by atoms with van der Waals surface area (Å²) in [5.41, 5.74) is -0.265. The molecule has 60 heavy (non-hydrogen) atoms. The summed E-state index contributed by atoms with van der Waals surface area (Å²) < 4.78 is 44.1. The Morgan fingerprint density at radius 1 is 0.433 bits per heavy atom. The largest absolute Gasteiger partial charge is 0.462 e. The maximum atomic E-state index is 13.0. The van der Waals surface area contributed by atoms with E-state index in [1.807, 2.05) is 0 Å². The molecule has 0 saturated carbocycles. The van der Waals surface area contributed by atoms with Gasteiger partial charge in [0.15, 0.2) is 0 Å². The molecule has 0 aliphatic rings. The van der Waals surface area contributed by atoms with Crippen molar-refractivity contribution in [1.29, 1.82) is 0 Å². The van der Waals surface area contributed by atoms with Gasteiger partial charge in [-0.2, -0.15) is 8.42 Å². The average Bonchev–Trinajstić information content (AvgIpc) is 3.24. The number of benzene rings is 1. The van der Waals surface area contributed by atoms with Crippen LogP contribution in [0.2, 0.25) is 0 Å². The van der Waals surface area contributed by atoms with Crippen LogP contribution in [0.5, 0.6) is 0 Å². The number of ether oxygens (including phenoxy) is 2. The smallest absolute Gasteiger partial charge is 0.339 e. The normalized spacial score (nSPS) is 11.9. The summed E-state index contributed by atoms with van der Waals surface area (Å²) >= 11 is 0. The van der Waals surface area contributed by atoms with E-state index in [1.165, 1.54) is 192 Å². The number of carbonyl (C=O) groups is 2. The van der Waals surface area contributed by atoms with Crippen LogP contribution in [0.1, 0.15) is 266 Å². The van der Waals surface area contributed by atoms with Crippen LogP contribution in [0.3, 0.4) is 0 Å². The van der Waals surface area contributed by atoms with Crippen LogP contribution in [-0.2, 0) is 19.6 Å². The van der Waals surface area contributed by atoms with E-state index in [9.17, 15) is 22.6 Å². The van der Waals surface area contributed by atoms with Crippen LogP contribution in [0, 0.1) is 0 Å². The van der Waals surface area contributed by atoms with Gasteiger partial charge in [-0.1, -0.05) is 205 Å². The highest BCUT2D eigenvalue weighted by molar-refractivity contribution is 7.85. The fourth-order valence-electron chi connectivity index (χ4n) is 7.63. The summed E-state index contributed by atoms with van der Waals surface area (Å²) in [4.78, 5) is 25.5. The van der Waals surface area contributed by atoms with Crippen LogP contribution in [0.4, 0.5) is 0 Å². The van der Waals surface area contributed by atoms with Crippen LogP contribution in [0.15, 0.2) is 47.4 Å². The van der Waals surface area contributed by atoms with E-state index in [1.54, 1.807) is 0 Å². The highest BCUT2D eigenvalue weighted by atomic mass is 32.2. The Morgan fingerprint density at radius 2 is 0.717 bits per heavy atom. The minimum Gasteiger partial charge on any atom is -0.462 e. The monoisotopic (exact) mass is 859 g/mol. The van der Waals surface area contributed by atoms with Gasteiger partial charge in [-0.15, -0.1) is 0 Å². The standard InChI is InChI=1S/C52H90O7S/c1-3-5-7-9-11-13-15-17-19-21-23-25-27-29-31-33-35-37-39-41-45-58-51(53)49-44-43-48(60(55,56)57)47-50(49)52(54)59-46-42-40-38-36-34-32-30-28-26-24-22-20-18-16-14-12-10-8-6-4-2/h13-16,43-44,47H,3-12,17-42,45-46H2,1-2H3,(H,55,56,57)/b15-13+,16-14+. The Morgan fingerprint density at radius 3 is 1.03 bits per heavy atom. The van der Waals surface area contributed by atoms with E-state index in [0.717, 1.165) is 50.7 Å². The van der Waals surface area contributed by atoms with Crippen molar-refractivity contribution in [3.05, 3.63) is 53.6 Å². The van der Waals surface area contributed by atoms with E-state index >= 15 is 0 Å². The molecule has 1 rings (SSSR count). The topological polar surface area (TPSA) is 107 Å². The van der Waals surface area contributed by atoms with Gasteiger partial charge < -0.3 is 9.47 Å². The molecule has 0 heterocycles. The third kappa shape index (κ3) is 33.2. The minimum absolute atomic E-state index is 0.0574. The SMILES string of the molecule is CCCCCC/C=C/CCCCCCCCCCCCCCOC(=O)c1ccc(S(=O)(=O)O)cc1C(=O)OCCCCCCCCCCCCCC/C=C/CCCCCC. The molecule has 0 unspecified atom stereocenters. The van der Waals surface area contributed by atoms with E-state index in [4.69, 9.17) is 9.47 Å². The second-order valence-corrected chi connectivity index (χ2v) is 18.6. The Kier molecular flexibility index (Phi) is 37.6. The Labute approximate surface area is 369 Å². The first kappa shape index (κ1) is 55.6. The molecule has 1 N–H and O–H groups in total. The average molecular weight is 859 g/mol. The van der Waals surface area contributed by atoms with Gasteiger partial charge in [-0.25, -0.2) is 9.59 Å². The Balaban J connectivity index is 2.14. The lowest BCUT2D eigenvalue weighted by Crippen LogP contribution is -2.16. The van der Waals surface area contributed by atoms with Gasteiger partial charge >= 0.3 is 11.9 Å². The van der Waals surface area contributed by atoms with Crippen LogP contribution >= 0.6 is 0 Å². The van der Waals surface area contributed by atoms with Gasteiger partial charge in [0.25, 0.3) is 10.1 Å². The molecule has 0 saturated heterocycles. The molecular weight excluding hydrogens is 769 g/mol. The highest BCUT2D eigenvalue weighted by Gasteiger charge is 2.23. The van der Waals surface area contributed by atoms with Crippen molar-refractivity contribution in [2.45, 2.75) is 250 Å². The molecule has 8 heteroatoms. The molecule has 7 nitrogen and oxygen atoms in total. The van der Waals surface area contributed by atoms with Crippen LogP contribution < -0.4 is 0 Å². The lowest BCUT2D eigenvalue weighted by molar-refractivity contribution is 0.0450. The van der Waals surface area contributed by atoms with Gasteiger partial charge in [0.05, 0.1) is 29.2 Å². The summed E-state index contributed by atoms with van der Waals surface area (Å²) in [7, 11) is -4.57. The molecule has 0 radical (unpaired) electrons. The predicted molar refractivity (Wildman–Crippen MR) is 253 cm³/mol. The van der Waals surface area contributed by atoms with Gasteiger partial charge in [0, 0.05) is 0 Å². The number of unbranched alkanes of at least 4 members (excludes halogenated alkanes) is 32. The predicted octanol–water partition coefficient (Wildman–Crippen LogP) is 16.4. The zero-order valence-corrected chi connectivity index (χ0v) is 39.5. The second-order valence-electron chi connectivity index (χ2n) is 17.2. The number of carbonyl (C=O) groups excluding carboxylic acids is 2. The van der Waals surface area contributed by atoms with Crippen molar-refractivity contribution >= 4 is 22.1 Å². The van der Waals surface area contributed by atoms with Crippen molar-refractivity contribution in [3.8, 4) is 0 Å². The maximum absolute atomic E-state index is 13.0. The van der Waals surface area contributed by atoms with Gasteiger partial charge in [-0.05, 0) is 82.4 Å².